The average Bonchev–Trinajstić information content (AvgIpc) is 2.61. The van der Waals surface area contributed by atoms with Gasteiger partial charge in [0.25, 0.3) is 0 Å². The molecule has 0 fully saturated rings. The lowest BCUT2D eigenvalue weighted by molar-refractivity contribution is 0.475. The second-order valence-corrected chi connectivity index (χ2v) is 5.88. The average molecular weight is 377 g/mol. The molecule has 0 radical (unpaired) electrons. The molecule has 0 aliphatic heterocycles. The first kappa shape index (κ1) is 19.0. The van der Waals surface area contributed by atoms with Gasteiger partial charge in [0.2, 0.25) is 0 Å². The summed E-state index contributed by atoms with van der Waals surface area (Å²) in [7, 11) is 1.50. The van der Waals surface area contributed by atoms with Crippen molar-refractivity contribution in [2.75, 3.05) is 12.4 Å². The van der Waals surface area contributed by atoms with E-state index in [9.17, 15) is 5.11 Å². The first-order chi connectivity index (χ1) is 12.0. The van der Waals surface area contributed by atoms with Crippen molar-refractivity contribution in [2.24, 2.45) is 5.73 Å². The van der Waals surface area contributed by atoms with Gasteiger partial charge in [-0.25, -0.2) is 9.97 Å². The summed E-state index contributed by atoms with van der Waals surface area (Å²) in [5.74, 6) is 0.238. The zero-order valence-electron chi connectivity index (χ0n) is 13.8. The molecule has 1 heterocycles. The van der Waals surface area contributed by atoms with Crippen LogP contribution in [0.3, 0.4) is 0 Å². The summed E-state index contributed by atoms with van der Waals surface area (Å²) in [6, 6.07) is 12.8. The molecule has 0 amide bonds. The molecule has 0 bridgehead atoms. The molecule has 0 saturated heterocycles. The molecular weight excluding hydrogens is 359 g/mol. The Kier molecular flexibility index (Phi) is 6.58. The quantitative estimate of drug-likeness (QED) is 0.612. The molecule has 130 valence electrons. The molecule has 0 unspecified atom stereocenters. The van der Waals surface area contributed by atoms with Gasteiger partial charge in [0.05, 0.1) is 5.02 Å². The van der Waals surface area contributed by atoms with Crippen molar-refractivity contribution in [1.82, 2.24) is 9.97 Å². The number of nitrogens with zero attached hydrogens (tertiary/aromatic N) is 2. The zero-order valence-corrected chi connectivity index (χ0v) is 15.3. The largest absolute Gasteiger partial charge is 0.503 e. The molecule has 5 nitrogen and oxygen atoms in total. The van der Waals surface area contributed by atoms with E-state index in [0.29, 0.717) is 27.1 Å². The van der Waals surface area contributed by atoms with E-state index in [4.69, 9.17) is 23.2 Å². The van der Waals surface area contributed by atoms with Gasteiger partial charge >= 0.3 is 0 Å². The van der Waals surface area contributed by atoms with Crippen LogP contribution in [0, 0.1) is 6.92 Å². The Hall–Kier alpha value is -2.34. The van der Waals surface area contributed by atoms with Gasteiger partial charge in [-0.1, -0.05) is 40.9 Å². The lowest BCUT2D eigenvalue weighted by Gasteiger charge is -2.11. The van der Waals surface area contributed by atoms with Crippen LogP contribution in [0.5, 0.6) is 5.75 Å². The third kappa shape index (κ3) is 4.60. The number of halogens is 2. The molecule has 1 aromatic heterocycles. The number of hydrogen-bond acceptors (Lipinski definition) is 5. The minimum atomic E-state index is -0.0719. The Balaban J connectivity index is 0.00000109. The predicted octanol–water partition coefficient (Wildman–Crippen LogP) is 4.78. The van der Waals surface area contributed by atoms with Crippen LogP contribution in [0.25, 0.3) is 11.3 Å². The number of anilines is 2. The molecule has 25 heavy (non-hydrogen) atoms. The van der Waals surface area contributed by atoms with Crippen molar-refractivity contribution in [3.05, 3.63) is 64.4 Å². The SMILES string of the molecule is CN.Cc1ccc(Nc2ncnc(-c3ccc(Cl)cc3Cl)c2O)cc1. The summed E-state index contributed by atoms with van der Waals surface area (Å²) in [5, 5.41) is 14.5. The van der Waals surface area contributed by atoms with Gasteiger partial charge in [0.15, 0.2) is 11.6 Å². The molecule has 0 saturated carbocycles. The maximum absolute atomic E-state index is 10.5. The number of aromatic nitrogens is 2. The molecule has 2 aromatic carbocycles. The van der Waals surface area contributed by atoms with Crippen molar-refractivity contribution in [2.45, 2.75) is 6.92 Å². The van der Waals surface area contributed by atoms with Gasteiger partial charge in [-0.05, 0) is 44.3 Å². The molecule has 0 aliphatic carbocycles. The fourth-order valence-electron chi connectivity index (χ4n) is 2.12. The highest BCUT2D eigenvalue weighted by Gasteiger charge is 2.15. The lowest BCUT2D eigenvalue weighted by Crippen LogP contribution is -1.97. The van der Waals surface area contributed by atoms with Crippen LogP contribution in [0.4, 0.5) is 11.5 Å². The van der Waals surface area contributed by atoms with Crippen LogP contribution in [0.1, 0.15) is 5.56 Å². The number of aromatic hydroxyl groups is 1. The van der Waals surface area contributed by atoms with Gasteiger partial charge in [-0.2, -0.15) is 0 Å². The van der Waals surface area contributed by atoms with Gasteiger partial charge in [-0.15, -0.1) is 0 Å². The Morgan fingerprint density at radius 1 is 1.00 bits per heavy atom. The minimum absolute atomic E-state index is 0.0719. The molecule has 0 spiro atoms. The second-order valence-electron chi connectivity index (χ2n) is 5.03. The standard InChI is InChI=1S/C17H13Cl2N3O.CH5N/c1-10-2-5-12(6-3-10)22-17-16(23)15(20-9-21-17)13-7-4-11(18)8-14(13)19;1-2/h2-9,23H,1H3,(H,20,21,22);2H2,1H3. The number of nitrogens with two attached hydrogens (primary N) is 1. The number of aryl methyl sites for hydroxylation is 1. The number of nitrogens with one attached hydrogen (secondary N) is 1. The van der Waals surface area contributed by atoms with Crippen LogP contribution in [0.2, 0.25) is 10.0 Å². The Morgan fingerprint density at radius 3 is 2.32 bits per heavy atom. The highest BCUT2D eigenvalue weighted by molar-refractivity contribution is 6.36. The van der Waals surface area contributed by atoms with E-state index in [2.05, 4.69) is 21.0 Å². The fraction of sp³-hybridized carbons (Fsp3) is 0.111. The lowest BCUT2D eigenvalue weighted by atomic mass is 10.1. The summed E-state index contributed by atoms with van der Waals surface area (Å²) >= 11 is 12.1. The molecule has 7 heteroatoms. The van der Waals surface area contributed by atoms with Gasteiger partial charge < -0.3 is 16.2 Å². The normalized spacial score (nSPS) is 9.96. The Morgan fingerprint density at radius 2 is 1.68 bits per heavy atom. The summed E-state index contributed by atoms with van der Waals surface area (Å²) in [6.45, 7) is 2.01. The van der Waals surface area contributed by atoms with Crippen LogP contribution in [-0.4, -0.2) is 22.1 Å². The number of hydrogen-bond donors (Lipinski definition) is 3. The first-order valence-corrected chi connectivity index (χ1v) is 8.21. The van der Waals surface area contributed by atoms with E-state index in [1.807, 2.05) is 31.2 Å². The summed E-state index contributed by atoms with van der Waals surface area (Å²) < 4.78 is 0. The topological polar surface area (TPSA) is 84.1 Å². The predicted molar refractivity (Wildman–Crippen MR) is 104 cm³/mol. The third-order valence-electron chi connectivity index (χ3n) is 3.32. The third-order valence-corrected chi connectivity index (χ3v) is 3.87. The van der Waals surface area contributed by atoms with Crippen LogP contribution in [-0.2, 0) is 0 Å². The molecular formula is C18H18Cl2N4O. The van der Waals surface area contributed by atoms with E-state index in [0.717, 1.165) is 11.3 Å². The maximum Gasteiger partial charge on any atom is 0.185 e. The number of benzene rings is 2. The van der Waals surface area contributed by atoms with E-state index >= 15 is 0 Å². The molecule has 3 aromatic rings. The van der Waals surface area contributed by atoms with E-state index in [1.54, 1.807) is 18.2 Å². The van der Waals surface area contributed by atoms with E-state index in [-0.39, 0.29) is 5.75 Å². The molecule has 4 N–H and O–H groups in total. The second kappa shape index (κ2) is 8.67. The van der Waals surface area contributed by atoms with E-state index in [1.165, 1.54) is 13.4 Å². The monoisotopic (exact) mass is 376 g/mol. The molecule has 3 rings (SSSR count). The van der Waals surface area contributed by atoms with Crippen LogP contribution in [0.15, 0.2) is 48.8 Å². The fourth-order valence-corrected chi connectivity index (χ4v) is 2.62. The van der Waals surface area contributed by atoms with E-state index < -0.39 is 0 Å². The van der Waals surface area contributed by atoms with Crippen molar-refractivity contribution >= 4 is 34.7 Å². The minimum Gasteiger partial charge on any atom is -0.503 e. The summed E-state index contributed by atoms with van der Waals surface area (Å²) in [4.78, 5) is 8.21. The van der Waals surface area contributed by atoms with Gasteiger partial charge in [0.1, 0.15) is 12.0 Å². The van der Waals surface area contributed by atoms with Gasteiger partial charge in [0, 0.05) is 16.3 Å². The van der Waals surface area contributed by atoms with Gasteiger partial charge in [-0.3, -0.25) is 0 Å². The van der Waals surface area contributed by atoms with Crippen molar-refractivity contribution in [3.8, 4) is 17.0 Å². The zero-order chi connectivity index (χ0) is 18.4. The highest BCUT2D eigenvalue weighted by atomic mass is 35.5. The van der Waals surface area contributed by atoms with Crippen molar-refractivity contribution < 1.29 is 5.11 Å². The highest BCUT2D eigenvalue weighted by Crippen LogP contribution is 2.37. The molecule has 0 atom stereocenters. The first-order valence-electron chi connectivity index (χ1n) is 7.45. The maximum atomic E-state index is 10.5. The van der Waals surface area contributed by atoms with Crippen molar-refractivity contribution in [3.63, 3.8) is 0 Å². The van der Waals surface area contributed by atoms with Crippen LogP contribution < -0.4 is 11.1 Å². The Bertz CT molecular complexity index is 854. The molecule has 0 aliphatic rings. The summed E-state index contributed by atoms with van der Waals surface area (Å²) in [5.41, 5.74) is 7.40. The Labute approximate surface area is 156 Å². The summed E-state index contributed by atoms with van der Waals surface area (Å²) in [6.07, 6.45) is 1.37. The van der Waals surface area contributed by atoms with Crippen LogP contribution >= 0.6 is 23.2 Å². The number of rotatable bonds is 3. The van der Waals surface area contributed by atoms with Crippen molar-refractivity contribution in [1.29, 1.82) is 0 Å². The smallest absolute Gasteiger partial charge is 0.185 e.